The maximum Gasteiger partial charge on any atom is 0.247 e. The van der Waals surface area contributed by atoms with Gasteiger partial charge >= 0.3 is 0 Å². The van der Waals surface area contributed by atoms with Crippen LogP contribution in [0.4, 0.5) is 17.2 Å². The number of pyridine rings is 1. The zero-order valence-corrected chi connectivity index (χ0v) is 14.8. The van der Waals surface area contributed by atoms with E-state index < -0.39 is 6.04 Å². The molecule has 0 bridgehead atoms. The van der Waals surface area contributed by atoms with Crippen molar-refractivity contribution >= 4 is 40.6 Å². The zero-order chi connectivity index (χ0) is 18.0. The van der Waals surface area contributed by atoms with Crippen LogP contribution >= 0.6 is 11.6 Å². The molecule has 25 heavy (non-hydrogen) atoms. The van der Waals surface area contributed by atoms with Crippen LogP contribution in [0, 0.1) is 0 Å². The Kier molecular flexibility index (Phi) is 4.90. The minimum absolute atomic E-state index is 0.0441. The minimum atomic E-state index is -0.444. The van der Waals surface area contributed by atoms with E-state index in [0.29, 0.717) is 17.4 Å². The molecular weight excluding hydrogens is 340 g/mol. The maximum atomic E-state index is 12.3. The van der Waals surface area contributed by atoms with Crippen LogP contribution in [0.3, 0.4) is 0 Å². The Hall–Kier alpha value is -2.60. The normalized spacial score (nSPS) is 14.0. The number of hydrogen-bond acceptors (Lipinski definition) is 4. The number of amides is 2. The van der Waals surface area contributed by atoms with E-state index in [9.17, 15) is 9.59 Å². The number of rotatable bonds is 4. The lowest BCUT2D eigenvalue weighted by Crippen LogP contribution is -2.32. The van der Waals surface area contributed by atoms with Crippen LogP contribution in [0.15, 0.2) is 36.5 Å². The Morgan fingerprint density at radius 2 is 2.08 bits per heavy atom. The molecular formula is C18H19ClN4O2. The highest BCUT2D eigenvalue weighted by Crippen LogP contribution is 2.30. The largest absolute Gasteiger partial charge is 0.374 e. The van der Waals surface area contributed by atoms with Crippen molar-refractivity contribution < 1.29 is 9.59 Å². The number of benzene rings is 1. The van der Waals surface area contributed by atoms with Crippen LogP contribution < -0.4 is 15.5 Å². The number of carbonyl (C=O) groups is 2. The predicted octanol–water partition coefficient (Wildman–Crippen LogP) is 3.08. The van der Waals surface area contributed by atoms with Gasteiger partial charge in [-0.2, -0.15) is 0 Å². The monoisotopic (exact) mass is 358 g/mol. The number of carbonyl (C=O) groups excluding carboxylic acids is 2. The fraction of sp³-hybridized carbons (Fsp3) is 0.278. The van der Waals surface area contributed by atoms with Gasteiger partial charge in [0.15, 0.2) is 0 Å². The Labute approximate surface area is 151 Å². The first-order valence-corrected chi connectivity index (χ1v) is 8.42. The molecule has 0 radical (unpaired) electrons. The number of fused-ring (bicyclic) bond motifs is 1. The van der Waals surface area contributed by atoms with Gasteiger partial charge in [-0.05, 0) is 49.2 Å². The van der Waals surface area contributed by atoms with Gasteiger partial charge in [0.25, 0.3) is 0 Å². The summed E-state index contributed by atoms with van der Waals surface area (Å²) in [5.74, 6) is 0.303. The van der Waals surface area contributed by atoms with E-state index in [1.165, 1.54) is 6.20 Å². The molecule has 2 heterocycles. The number of anilines is 3. The number of aromatic nitrogens is 1. The number of hydrogen-bond donors (Lipinski definition) is 2. The smallest absolute Gasteiger partial charge is 0.247 e. The van der Waals surface area contributed by atoms with E-state index in [4.69, 9.17) is 11.6 Å². The molecule has 1 atom stereocenters. The first-order valence-electron chi connectivity index (χ1n) is 8.04. The summed E-state index contributed by atoms with van der Waals surface area (Å²) in [7, 11) is 0. The minimum Gasteiger partial charge on any atom is -0.374 e. The molecule has 1 unspecified atom stereocenters. The van der Waals surface area contributed by atoms with Crippen LogP contribution in [0.2, 0.25) is 5.02 Å². The Morgan fingerprint density at radius 1 is 1.28 bits per heavy atom. The average molecular weight is 359 g/mol. The van der Waals surface area contributed by atoms with Crippen LogP contribution in [0.5, 0.6) is 0 Å². The number of halogens is 1. The molecule has 2 aromatic rings. The molecule has 1 aliphatic heterocycles. The van der Waals surface area contributed by atoms with Crippen molar-refractivity contribution in [1.82, 2.24) is 4.98 Å². The summed E-state index contributed by atoms with van der Waals surface area (Å²) in [6.45, 7) is 4.05. The van der Waals surface area contributed by atoms with E-state index in [0.717, 1.165) is 23.4 Å². The molecule has 1 aromatic carbocycles. The molecule has 0 saturated carbocycles. The second kappa shape index (κ2) is 7.11. The standard InChI is InChI=1S/C18H19ClN4O2/c1-11(18(25)22-17-6-3-14(19)10-20-17)21-15-4-5-16-13(9-15)7-8-23(16)12(2)24/h3-6,9-11,21H,7-8H2,1-2H3,(H,20,22,25). The summed E-state index contributed by atoms with van der Waals surface area (Å²) in [4.78, 5) is 29.7. The van der Waals surface area contributed by atoms with Gasteiger partial charge in [0.2, 0.25) is 11.8 Å². The van der Waals surface area contributed by atoms with Crippen molar-refractivity contribution in [3.05, 3.63) is 47.1 Å². The molecule has 3 rings (SSSR count). The summed E-state index contributed by atoms with van der Waals surface area (Å²) in [6, 6.07) is 8.66. The van der Waals surface area contributed by atoms with E-state index in [2.05, 4.69) is 15.6 Å². The van der Waals surface area contributed by atoms with Gasteiger partial charge in [0.05, 0.1) is 5.02 Å². The van der Waals surface area contributed by atoms with Crippen molar-refractivity contribution in [2.24, 2.45) is 0 Å². The Morgan fingerprint density at radius 3 is 2.76 bits per heavy atom. The van der Waals surface area contributed by atoms with Gasteiger partial charge < -0.3 is 15.5 Å². The lowest BCUT2D eigenvalue weighted by molar-refractivity contribution is -0.117. The third-order valence-electron chi connectivity index (χ3n) is 4.11. The van der Waals surface area contributed by atoms with Gasteiger partial charge in [-0.3, -0.25) is 9.59 Å². The molecule has 1 aliphatic rings. The van der Waals surface area contributed by atoms with E-state index >= 15 is 0 Å². The van der Waals surface area contributed by atoms with Crippen molar-refractivity contribution in [1.29, 1.82) is 0 Å². The molecule has 0 saturated heterocycles. The van der Waals surface area contributed by atoms with Crippen LogP contribution in [-0.4, -0.2) is 29.4 Å². The quantitative estimate of drug-likeness (QED) is 0.880. The number of nitrogens with zero attached hydrogens (tertiary/aromatic N) is 2. The van der Waals surface area contributed by atoms with E-state index in [-0.39, 0.29) is 11.8 Å². The van der Waals surface area contributed by atoms with Crippen molar-refractivity contribution in [3.63, 3.8) is 0 Å². The van der Waals surface area contributed by atoms with Crippen molar-refractivity contribution in [2.75, 3.05) is 22.1 Å². The Bertz CT molecular complexity index is 807. The fourth-order valence-electron chi connectivity index (χ4n) is 2.82. The Balaban J connectivity index is 1.65. The highest BCUT2D eigenvalue weighted by atomic mass is 35.5. The van der Waals surface area contributed by atoms with Gasteiger partial charge in [-0.1, -0.05) is 11.6 Å². The maximum absolute atomic E-state index is 12.3. The van der Waals surface area contributed by atoms with Crippen LogP contribution in [0.1, 0.15) is 19.4 Å². The third kappa shape index (κ3) is 3.91. The lowest BCUT2D eigenvalue weighted by atomic mass is 10.1. The summed E-state index contributed by atoms with van der Waals surface area (Å²) in [5.41, 5.74) is 2.89. The molecule has 0 fully saturated rings. The topological polar surface area (TPSA) is 74.3 Å². The summed E-state index contributed by atoms with van der Waals surface area (Å²) in [6.07, 6.45) is 2.30. The van der Waals surface area contributed by atoms with Crippen LogP contribution in [0.25, 0.3) is 0 Å². The van der Waals surface area contributed by atoms with Crippen LogP contribution in [-0.2, 0) is 16.0 Å². The van der Waals surface area contributed by atoms with E-state index in [1.807, 2.05) is 18.2 Å². The predicted molar refractivity (Wildman–Crippen MR) is 99.1 cm³/mol. The summed E-state index contributed by atoms with van der Waals surface area (Å²) in [5, 5.41) is 6.43. The molecule has 130 valence electrons. The van der Waals surface area contributed by atoms with Crippen molar-refractivity contribution in [2.45, 2.75) is 26.3 Å². The van der Waals surface area contributed by atoms with Gasteiger partial charge in [0, 0.05) is 31.0 Å². The molecule has 2 amide bonds. The highest BCUT2D eigenvalue weighted by Gasteiger charge is 2.22. The van der Waals surface area contributed by atoms with Gasteiger partial charge in [-0.25, -0.2) is 4.98 Å². The molecule has 1 aromatic heterocycles. The van der Waals surface area contributed by atoms with Crippen molar-refractivity contribution in [3.8, 4) is 0 Å². The number of nitrogens with one attached hydrogen (secondary N) is 2. The molecule has 0 aliphatic carbocycles. The molecule has 2 N–H and O–H groups in total. The molecule has 0 spiro atoms. The second-order valence-electron chi connectivity index (χ2n) is 5.98. The SMILES string of the molecule is CC(=O)N1CCc2cc(NC(C)C(=O)Nc3ccc(Cl)cn3)ccc21. The zero-order valence-electron chi connectivity index (χ0n) is 14.0. The summed E-state index contributed by atoms with van der Waals surface area (Å²) < 4.78 is 0. The first kappa shape index (κ1) is 17.2. The average Bonchev–Trinajstić information content (AvgIpc) is 3.00. The highest BCUT2D eigenvalue weighted by molar-refractivity contribution is 6.30. The first-order chi connectivity index (χ1) is 11.9. The lowest BCUT2D eigenvalue weighted by Gasteiger charge is -2.17. The third-order valence-corrected chi connectivity index (χ3v) is 4.33. The van der Waals surface area contributed by atoms with Gasteiger partial charge in [-0.15, -0.1) is 0 Å². The van der Waals surface area contributed by atoms with E-state index in [1.54, 1.807) is 30.9 Å². The fourth-order valence-corrected chi connectivity index (χ4v) is 2.93. The molecule has 7 heteroatoms. The van der Waals surface area contributed by atoms with Gasteiger partial charge in [0.1, 0.15) is 11.9 Å². The molecule has 6 nitrogen and oxygen atoms in total. The second-order valence-corrected chi connectivity index (χ2v) is 6.42. The summed E-state index contributed by atoms with van der Waals surface area (Å²) >= 11 is 5.78.